The number of hydrazone groups is 2. The summed E-state index contributed by atoms with van der Waals surface area (Å²) in [6.45, 7) is 4.17. The number of aromatic nitrogens is 1. The molecule has 0 saturated heterocycles. The maximum atomic E-state index is 12.8. The number of halogens is 2. The topological polar surface area (TPSA) is 87.8 Å². The van der Waals surface area contributed by atoms with E-state index in [0.717, 1.165) is 22.0 Å². The monoisotopic (exact) mass is 481 g/mol. The van der Waals surface area contributed by atoms with Gasteiger partial charge in [0.15, 0.2) is 0 Å². The third-order valence-electron chi connectivity index (χ3n) is 6.38. The van der Waals surface area contributed by atoms with E-state index in [1.807, 2.05) is 56.4 Å². The molecular weight excluding hydrogens is 461 g/mol. The van der Waals surface area contributed by atoms with Crippen LogP contribution in [-0.2, 0) is 16.1 Å². The highest BCUT2D eigenvalue weighted by Gasteiger charge is 2.46. The number of para-hydroxylation sites is 1. The first-order valence-electron chi connectivity index (χ1n) is 10.5. The number of benzene rings is 2. The van der Waals surface area contributed by atoms with Gasteiger partial charge in [-0.05, 0) is 43.2 Å². The number of hydrogen-bond acceptors (Lipinski definition) is 4. The number of rotatable bonds is 5. The van der Waals surface area contributed by atoms with Gasteiger partial charge in [-0.15, -0.1) is 0 Å². The lowest BCUT2D eigenvalue weighted by molar-refractivity contribution is -0.124. The summed E-state index contributed by atoms with van der Waals surface area (Å²) < 4.78 is 2.11. The zero-order valence-corrected chi connectivity index (χ0v) is 19.5. The Morgan fingerprint density at radius 3 is 2.15 bits per heavy atom. The SMILES string of the molecule is CC1=NNC(=O)C1C(c1cn(Cc2ccc(Cl)c(Cl)c2)c2ccccc12)C1C(=O)NN=C1C. The lowest BCUT2D eigenvalue weighted by atomic mass is 9.73. The summed E-state index contributed by atoms with van der Waals surface area (Å²) in [5.41, 5.74) is 9.33. The van der Waals surface area contributed by atoms with Crippen molar-refractivity contribution in [3.8, 4) is 0 Å². The van der Waals surface area contributed by atoms with Crippen LogP contribution in [0.25, 0.3) is 10.9 Å². The summed E-state index contributed by atoms with van der Waals surface area (Å²) in [5.74, 6) is -2.04. The van der Waals surface area contributed by atoms with Crippen LogP contribution in [0.15, 0.2) is 58.9 Å². The standard InChI is InChI=1S/C24H21Cl2N5O2/c1-12-20(23(32)29-27-12)22(21-13(2)28-30-24(21)33)16-11-31(19-6-4-3-5-15(16)19)10-14-7-8-17(25)18(26)9-14/h3-9,11,20-22H,10H2,1-2H3,(H,29,32)(H,30,33). The molecule has 1 aromatic heterocycles. The van der Waals surface area contributed by atoms with Crippen LogP contribution < -0.4 is 10.9 Å². The van der Waals surface area contributed by atoms with Gasteiger partial charge in [0.25, 0.3) is 0 Å². The van der Waals surface area contributed by atoms with Gasteiger partial charge in [0, 0.05) is 41.0 Å². The Balaban J connectivity index is 1.67. The quantitative estimate of drug-likeness (QED) is 0.568. The van der Waals surface area contributed by atoms with Crippen molar-refractivity contribution in [1.29, 1.82) is 0 Å². The Hall–Kier alpha value is -3.16. The minimum Gasteiger partial charge on any atom is -0.343 e. The summed E-state index contributed by atoms with van der Waals surface area (Å²) in [5, 5.41) is 10.3. The van der Waals surface area contributed by atoms with Gasteiger partial charge in [-0.3, -0.25) is 9.59 Å². The van der Waals surface area contributed by atoms with E-state index in [1.165, 1.54) is 0 Å². The molecule has 5 rings (SSSR count). The fourth-order valence-electron chi connectivity index (χ4n) is 4.85. The molecule has 2 aliphatic rings. The van der Waals surface area contributed by atoms with Gasteiger partial charge < -0.3 is 4.57 Å². The molecule has 2 aliphatic heterocycles. The first kappa shape index (κ1) is 21.7. The lowest BCUT2D eigenvalue weighted by Crippen LogP contribution is -2.38. The van der Waals surface area contributed by atoms with Crippen LogP contribution in [0.1, 0.15) is 30.9 Å². The van der Waals surface area contributed by atoms with Crippen molar-refractivity contribution in [2.45, 2.75) is 26.3 Å². The number of amides is 2. The summed E-state index contributed by atoms with van der Waals surface area (Å²) in [4.78, 5) is 25.7. The van der Waals surface area contributed by atoms with E-state index in [1.54, 1.807) is 6.07 Å². The Bertz CT molecular complexity index is 1320. The molecule has 0 radical (unpaired) electrons. The minimum atomic E-state index is -0.576. The smallest absolute Gasteiger partial charge is 0.249 e. The fraction of sp³-hybridized carbons (Fsp3) is 0.250. The second-order valence-corrected chi connectivity index (χ2v) is 9.23. The van der Waals surface area contributed by atoms with E-state index in [9.17, 15) is 9.59 Å². The molecular formula is C24H21Cl2N5O2. The third-order valence-corrected chi connectivity index (χ3v) is 7.12. The molecule has 168 valence electrons. The molecule has 0 spiro atoms. The molecule has 0 fully saturated rings. The molecule has 2 N–H and O–H groups in total. The van der Waals surface area contributed by atoms with Crippen LogP contribution in [0.3, 0.4) is 0 Å². The molecule has 0 aliphatic carbocycles. The Labute approximate surface area is 200 Å². The molecule has 0 saturated carbocycles. The van der Waals surface area contributed by atoms with Crippen molar-refractivity contribution >= 4 is 57.3 Å². The average Bonchev–Trinajstić information content (AvgIpc) is 3.43. The van der Waals surface area contributed by atoms with E-state index in [4.69, 9.17) is 23.2 Å². The van der Waals surface area contributed by atoms with Crippen LogP contribution in [0.2, 0.25) is 10.0 Å². The van der Waals surface area contributed by atoms with Gasteiger partial charge in [-0.25, -0.2) is 10.9 Å². The molecule has 3 heterocycles. The first-order chi connectivity index (χ1) is 15.8. The normalized spacial score (nSPS) is 21.1. The van der Waals surface area contributed by atoms with Crippen LogP contribution >= 0.6 is 23.2 Å². The van der Waals surface area contributed by atoms with Crippen molar-refractivity contribution in [3.63, 3.8) is 0 Å². The van der Waals surface area contributed by atoms with Crippen LogP contribution in [0.5, 0.6) is 0 Å². The van der Waals surface area contributed by atoms with Crippen LogP contribution in [0, 0.1) is 11.8 Å². The first-order valence-corrected chi connectivity index (χ1v) is 11.3. The van der Waals surface area contributed by atoms with Gasteiger partial charge in [-0.1, -0.05) is 47.5 Å². The van der Waals surface area contributed by atoms with Gasteiger partial charge in [0.05, 0.1) is 21.9 Å². The predicted molar refractivity (Wildman–Crippen MR) is 130 cm³/mol. The van der Waals surface area contributed by atoms with Crippen molar-refractivity contribution < 1.29 is 9.59 Å². The number of carbonyl (C=O) groups is 2. The van der Waals surface area contributed by atoms with Gasteiger partial charge in [-0.2, -0.15) is 10.2 Å². The van der Waals surface area contributed by atoms with E-state index in [2.05, 4.69) is 25.6 Å². The Kier molecular flexibility index (Phi) is 5.46. The molecule has 2 aromatic carbocycles. The molecule has 9 heteroatoms. The summed E-state index contributed by atoms with van der Waals surface area (Å²) in [7, 11) is 0. The van der Waals surface area contributed by atoms with Crippen molar-refractivity contribution in [1.82, 2.24) is 15.4 Å². The maximum absolute atomic E-state index is 12.8. The molecule has 7 nitrogen and oxygen atoms in total. The molecule has 33 heavy (non-hydrogen) atoms. The second-order valence-electron chi connectivity index (χ2n) is 8.42. The second kappa shape index (κ2) is 8.32. The van der Waals surface area contributed by atoms with Crippen molar-refractivity contribution in [3.05, 3.63) is 69.8 Å². The van der Waals surface area contributed by atoms with E-state index < -0.39 is 17.8 Å². The van der Waals surface area contributed by atoms with Crippen molar-refractivity contribution in [2.24, 2.45) is 22.0 Å². The highest BCUT2D eigenvalue weighted by molar-refractivity contribution is 6.42. The van der Waals surface area contributed by atoms with Crippen LogP contribution in [-0.4, -0.2) is 27.8 Å². The zero-order valence-electron chi connectivity index (χ0n) is 18.0. The molecule has 0 bridgehead atoms. The van der Waals surface area contributed by atoms with E-state index >= 15 is 0 Å². The van der Waals surface area contributed by atoms with Gasteiger partial charge >= 0.3 is 0 Å². The molecule has 2 atom stereocenters. The molecule has 2 amide bonds. The van der Waals surface area contributed by atoms with Gasteiger partial charge in [0.2, 0.25) is 11.8 Å². The van der Waals surface area contributed by atoms with Crippen molar-refractivity contribution in [2.75, 3.05) is 0 Å². The lowest BCUT2D eigenvalue weighted by Gasteiger charge is -2.26. The molecule has 3 aromatic rings. The Morgan fingerprint density at radius 2 is 1.58 bits per heavy atom. The zero-order chi connectivity index (χ0) is 23.3. The number of carbonyl (C=O) groups excluding carboxylic acids is 2. The van der Waals surface area contributed by atoms with E-state index in [0.29, 0.717) is 28.0 Å². The van der Waals surface area contributed by atoms with E-state index in [-0.39, 0.29) is 11.8 Å². The number of nitrogens with one attached hydrogen (secondary N) is 2. The molecule has 2 unspecified atom stereocenters. The van der Waals surface area contributed by atoms with Crippen LogP contribution in [0.4, 0.5) is 0 Å². The highest BCUT2D eigenvalue weighted by Crippen LogP contribution is 2.41. The summed E-state index contributed by atoms with van der Waals surface area (Å²) in [6.07, 6.45) is 2.02. The minimum absolute atomic E-state index is 0.216. The largest absolute Gasteiger partial charge is 0.343 e. The highest BCUT2D eigenvalue weighted by atomic mass is 35.5. The summed E-state index contributed by atoms with van der Waals surface area (Å²) in [6, 6.07) is 13.5. The average molecular weight is 482 g/mol. The number of hydrogen-bond donors (Lipinski definition) is 2. The summed E-state index contributed by atoms with van der Waals surface area (Å²) >= 11 is 12.3. The number of fused-ring (bicyclic) bond motifs is 1. The third kappa shape index (κ3) is 3.71. The number of nitrogens with zero attached hydrogens (tertiary/aromatic N) is 3. The maximum Gasteiger partial charge on any atom is 0.249 e. The fourth-order valence-corrected chi connectivity index (χ4v) is 5.17. The van der Waals surface area contributed by atoms with Gasteiger partial charge in [0.1, 0.15) is 0 Å². The Morgan fingerprint density at radius 1 is 0.939 bits per heavy atom. The predicted octanol–water partition coefficient (Wildman–Crippen LogP) is 4.32.